The molecule has 0 saturated heterocycles. The smallest absolute Gasteiger partial charge is 0.338 e. The second-order valence-corrected chi connectivity index (χ2v) is 6.00. The van der Waals surface area contributed by atoms with Gasteiger partial charge in [0.05, 0.1) is 31.5 Å². The molecule has 5 heteroatoms. The van der Waals surface area contributed by atoms with E-state index in [0.29, 0.717) is 17.7 Å². The van der Waals surface area contributed by atoms with Crippen LogP contribution in [0.2, 0.25) is 0 Å². The van der Waals surface area contributed by atoms with Crippen LogP contribution >= 0.6 is 0 Å². The summed E-state index contributed by atoms with van der Waals surface area (Å²) in [5.74, 6) is -0.452. The van der Waals surface area contributed by atoms with E-state index in [1.165, 1.54) is 7.11 Å². The summed E-state index contributed by atoms with van der Waals surface area (Å²) in [4.78, 5) is 11.9. The Morgan fingerprint density at radius 2 is 1.76 bits per heavy atom. The summed E-state index contributed by atoms with van der Waals surface area (Å²) in [5.41, 5.74) is 0.801. The molecular formula is C20H24O5. The maximum Gasteiger partial charge on any atom is 0.338 e. The summed E-state index contributed by atoms with van der Waals surface area (Å²) < 4.78 is 10.4. The van der Waals surface area contributed by atoms with E-state index in [0.717, 1.165) is 5.56 Å². The van der Waals surface area contributed by atoms with Gasteiger partial charge in [-0.1, -0.05) is 48.5 Å². The first-order valence-electron chi connectivity index (χ1n) is 8.19. The zero-order valence-corrected chi connectivity index (χ0v) is 14.4. The predicted octanol–water partition coefficient (Wildman–Crippen LogP) is 2.35. The third-order valence-corrected chi connectivity index (χ3v) is 4.00. The Morgan fingerprint density at radius 3 is 2.44 bits per heavy atom. The first-order chi connectivity index (χ1) is 12.1. The molecule has 1 atom stereocenters. The van der Waals surface area contributed by atoms with Crippen molar-refractivity contribution in [2.24, 2.45) is 0 Å². The number of carbonyl (C=O) groups is 1. The lowest BCUT2D eigenvalue weighted by Gasteiger charge is -2.28. The van der Waals surface area contributed by atoms with Crippen molar-refractivity contribution in [3.8, 4) is 0 Å². The minimum atomic E-state index is -1.27. The third-order valence-electron chi connectivity index (χ3n) is 4.00. The van der Waals surface area contributed by atoms with Crippen molar-refractivity contribution in [2.45, 2.75) is 25.0 Å². The number of esters is 1. The van der Waals surface area contributed by atoms with E-state index in [1.54, 1.807) is 24.3 Å². The number of hydrogen-bond donors (Lipinski definition) is 2. The fraction of sp³-hybridized carbons (Fsp3) is 0.350. The van der Waals surface area contributed by atoms with Gasteiger partial charge in [-0.3, -0.25) is 0 Å². The Labute approximate surface area is 147 Å². The lowest BCUT2D eigenvalue weighted by Crippen LogP contribution is -2.38. The molecule has 2 aromatic rings. The molecular weight excluding hydrogens is 320 g/mol. The van der Waals surface area contributed by atoms with Crippen LogP contribution in [0.25, 0.3) is 0 Å². The third kappa shape index (κ3) is 5.67. The number of benzene rings is 2. The van der Waals surface area contributed by atoms with Gasteiger partial charge in [-0.05, 0) is 17.2 Å². The number of aliphatic hydroxyl groups excluding tert-OH is 1. The van der Waals surface area contributed by atoms with E-state index in [4.69, 9.17) is 9.47 Å². The first-order valence-corrected chi connectivity index (χ1v) is 8.19. The number of methoxy groups -OCH3 is 1. The van der Waals surface area contributed by atoms with E-state index in [9.17, 15) is 15.0 Å². The van der Waals surface area contributed by atoms with E-state index in [1.807, 2.05) is 30.3 Å². The molecule has 0 aliphatic rings. The second kappa shape index (κ2) is 9.32. The average Bonchev–Trinajstić information content (AvgIpc) is 2.62. The molecule has 0 radical (unpaired) electrons. The number of carbonyl (C=O) groups excluding carboxylic acids is 1. The van der Waals surface area contributed by atoms with Gasteiger partial charge in [0.2, 0.25) is 0 Å². The van der Waals surface area contributed by atoms with Crippen LogP contribution in [0, 0.1) is 0 Å². The quantitative estimate of drug-likeness (QED) is 0.683. The lowest BCUT2D eigenvalue weighted by atomic mass is 9.90. The molecule has 134 valence electrons. The predicted molar refractivity (Wildman–Crippen MR) is 94.2 cm³/mol. The van der Waals surface area contributed by atoms with Gasteiger partial charge >= 0.3 is 5.97 Å². The number of ether oxygens (including phenoxy) is 2. The Morgan fingerprint density at radius 1 is 1.08 bits per heavy atom. The highest BCUT2D eigenvalue weighted by Crippen LogP contribution is 2.22. The minimum absolute atomic E-state index is 0.0535. The summed E-state index contributed by atoms with van der Waals surface area (Å²) in [5, 5.41) is 20.2. The van der Waals surface area contributed by atoms with Gasteiger partial charge in [0, 0.05) is 19.4 Å². The van der Waals surface area contributed by atoms with Crippen LogP contribution in [0.15, 0.2) is 54.6 Å². The number of hydrogen-bond acceptors (Lipinski definition) is 5. The summed E-state index contributed by atoms with van der Waals surface area (Å²) >= 11 is 0. The lowest BCUT2D eigenvalue weighted by molar-refractivity contribution is -0.0637. The van der Waals surface area contributed by atoms with Crippen LogP contribution in [0.1, 0.15) is 27.9 Å². The summed E-state index contributed by atoms with van der Waals surface area (Å²) in [7, 11) is 1.32. The molecule has 0 heterocycles. The van der Waals surface area contributed by atoms with Gasteiger partial charge in [-0.15, -0.1) is 0 Å². The fourth-order valence-electron chi connectivity index (χ4n) is 2.69. The summed E-state index contributed by atoms with van der Waals surface area (Å²) in [6, 6.07) is 16.6. The van der Waals surface area contributed by atoms with E-state index < -0.39 is 11.6 Å². The van der Waals surface area contributed by atoms with Crippen molar-refractivity contribution < 1.29 is 24.5 Å². The van der Waals surface area contributed by atoms with E-state index >= 15 is 0 Å². The van der Waals surface area contributed by atoms with Crippen molar-refractivity contribution in [1.82, 2.24) is 0 Å². The fourth-order valence-corrected chi connectivity index (χ4v) is 2.69. The standard InChI is InChI=1S/C20H24O5/c1-24-19(22)18-10-6-5-9-17(18)13-20(23,11-12-21)15-25-14-16-7-3-2-4-8-16/h2-10,21,23H,11-15H2,1H3. The molecule has 2 N–H and O–H groups in total. The van der Waals surface area contributed by atoms with Crippen LogP contribution in [-0.2, 0) is 22.5 Å². The molecule has 0 spiro atoms. The molecule has 2 rings (SSSR count). The van der Waals surface area contributed by atoms with Crippen LogP contribution in [0.5, 0.6) is 0 Å². The van der Waals surface area contributed by atoms with Gasteiger partial charge in [0.1, 0.15) is 0 Å². The Kier molecular flexibility index (Phi) is 7.13. The van der Waals surface area contributed by atoms with Gasteiger partial charge in [0.15, 0.2) is 0 Å². The maximum absolute atomic E-state index is 11.9. The Hall–Kier alpha value is -2.21. The molecule has 0 amide bonds. The summed E-state index contributed by atoms with van der Waals surface area (Å²) in [6.07, 6.45) is 0.338. The molecule has 1 unspecified atom stereocenters. The Bertz CT molecular complexity index is 671. The maximum atomic E-state index is 11.9. The second-order valence-electron chi connectivity index (χ2n) is 6.00. The van der Waals surface area contributed by atoms with Crippen molar-refractivity contribution in [3.05, 3.63) is 71.3 Å². The molecule has 0 aromatic heterocycles. The number of aliphatic hydroxyl groups is 2. The highest BCUT2D eigenvalue weighted by molar-refractivity contribution is 5.91. The molecule has 25 heavy (non-hydrogen) atoms. The molecule has 0 bridgehead atoms. The summed E-state index contributed by atoms with van der Waals surface area (Å²) in [6.45, 7) is 0.247. The normalized spacial score (nSPS) is 13.2. The van der Waals surface area contributed by atoms with Crippen molar-refractivity contribution in [2.75, 3.05) is 20.3 Å². The zero-order valence-electron chi connectivity index (χ0n) is 14.4. The largest absolute Gasteiger partial charge is 0.465 e. The van der Waals surface area contributed by atoms with Gasteiger partial charge in [-0.25, -0.2) is 4.79 Å². The van der Waals surface area contributed by atoms with Crippen LogP contribution < -0.4 is 0 Å². The molecule has 5 nitrogen and oxygen atoms in total. The molecule has 0 fully saturated rings. The van der Waals surface area contributed by atoms with Crippen LogP contribution in [-0.4, -0.2) is 42.1 Å². The number of rotatable bonds is 9. The monoisotopic (exact) mass is 344 g/mol. The van der Waals surface area contributed by atoms with Crippen molar-refractivity contribution in [3.63, 3.8) is 0 Å². The van der Waals surface area contributed by atoms with Gasteiger partial charge in [-0.2, -0.15) is 0 Å². The first kappa shape index (κ1) is 19.1. The SMILES string of the molecule is COC(=O)c1ccccc1CC(O)(CCO)COCc1ccccc1. The van der Waals surface area contributed by atoms with Crippen molar-refractivity contribution >= 4 is 5.97 Å². The van der Waals surface area contributed by atoms with Crippen molar-refractivity contribution in [1.29, 1.82) is 0 Å². The average molecular weight is 344 g/mol. The molecule has 0 saturated carbocycles. The molecule has 0 aliphatic heterocycles. The van der Waals surface area contributed by atoms with Gasteiger partial charge < -0.3 is 19.7 Å². The van der Waals surface area contributed by atoms with Crippen LogP contribution in [0.3, 0.4) is 0 Å². The van der Waals surface area contributed by atoms with Crippen LogP contribution in [0.4, 0.5) is 0 Å². The topological polar surface area (TPSA) is 76.0 Å². The zero-order chi connectivity index (χ0) is 18.1. The van der Waals surface area contributed by atoms with E-state index in [-0.39, 0.29) is 26.1 Å². The Balaban J connectivity index is 2.07. The molecule has 2 aromatic carbocycles. The molecule has 0 aliphatic carbocycles. The highest BCUT2D eigenvalue weighted by atomic mass is 16.5. The van der Waals surface area contributed by atoms with Gasteiger partial charge in [0.25, 0.3) is 0 Å². The van der Waals surface area contributed by atoms with E-state index in [2.05, 4.69) is 0 Å². The highest BCUT2D eigenvalue weighted by Gasteiger charge is 2.29. The minimum Gasteiger partial charge on any atom is -0.465 e.